The third kappa shape index (κ3) is 2.94. The minimum absolute atomic E-state index is 0.202. The second kappa shape index (κ2) is 4.63. The molecular weight excluding hydrogens is 228 g/mol. The van der Waals surface area contributed by atoms with Gasteiger partial charge in [-0.15, -0.1) is 22.7 Å². The van der Waals surface area contributed by atoms with Gasteiger partial charge in [-0.2, -0.15) is 0 Å². The number of carbonyl (C=O) groups excluding carboxylic acids is 1. The molecule has 2 heterocycles. The second-order valence-electron chi connectivity index (χ2n) is 3.24. The maximum atomic E-state index is 11.6. The molecule has 0 unspecified atom stereocenters. The number of ketones is 1. The van der Waals surface area contributed by atoms with Crippen molar-refractivity contribution in [2.75, 3.05) is 0 Å². The zero-order chi connectivity index (χ0) is 10.7. The van der Waals surface area contributed by atoms with Crippen molar-refractivity contribution in [2.45, 2.75) is 19.8 Å². The van der Waals surface area contributed by atoms with Crippen LogP contribution >= 0.6 is 22.7 Å². The summed E-state index contributed by atoms with van der Waals surface area (Å²) in [5.74, 6) is 0.202. The Morgan fingerprint density at radius 2 is 2.27 bits per heavy atom. The van der Waals surface area contributed by atoms with E-state index in [-0.39, 0.29) is 5.78 Å². The predicted molar refractivity (Wildman–Crippen MR) is 61.4 cm³/mol. The van der Waals surface area contributed by atoms with Crippen molar-refractivity contribution in [2.24, 2.45) is 0 Å². The molecule has 5 heteroatoms. The quantitative estimate of drug-likeness (QED) is 0.820. The summed E-state index contributed by atoms with van der Waals surface area (Å²) < 4.78 is 0. The van der Waals surface area contributed by atoms with Gasteiger partial charge in [0.2, 0.25) is 0 Å². The van der Waals surface area contributed by atoms with E-state index >= 15 is 0 Å². The topological polar surface area (TPSA) is 42.9 Å². The Kier molecular flexibility index (Phi) is 3.23. The van der Waals surface area contributed by atoms with E-state index < -0.39 is 0 Å². The fraction of sp³-hybridized carbons (Fsp3) is 0.300. The van der Waals surface area contributed by atoms with Gasteiger partial charge < -0.3 is 0 Å². The van der Waals surface area contributed by atoms with Crippen molar-refractivity contribution in [1.29, 1.82) is 0 Å². The lowest BCUT2D eigenvalue weighted by atomic mass is 10.2. The van der Waals surface area contributed by atoms with E-state index in [2.05, 4.69) is 9.97 Å². The average molecular weight is 238 g/mol. The van der Waals surface area contributed by atoms with E-state index in [1.165, 1.54) is 11.3 Å². The summed E-state index contributed by atoms with van der Waals surface area (Å²) in [5.41, 5.74) is 2.73. The van der Waals surface area contributed by atoms with Gasteiger partial charge in [0, 0.05) is 28.6 Å². The Labute approximate surface area is 95.8 Å². The maximum Gasteiger partial charge on any atom is 0.144 e. The molecule has 0 saturated heterocycles. The Morgan fingerprint density at radius 3 is 2.87 bits per heavy atom. The zero-order valence-electron chi connectivity index (χ0n) is 8.27. The van der Waals surface area contributed by atoms with Crippen LogP contribution in [-0.2, 0) is 17.6 Å². The molecule has 0 bridgehead atoms. The Balaban J connectivity index is 1.93. The molecule has 0 aliphatic rings. The Morgan fingerprint density at radius 1 is 1.40 bits per heavy atom. The first-order valence-electron chi connectivity index (χ1n) is 4.54. The highest BCUT2D eigenvalue weighted by Crippen LogP contribution is 2.12. The van der Waals surface area contributed by atoms with Crippen LogP contribution in [0.3, 0.4) is 0 Å². The van der Waals surface area contributed by atoms with Crippen molar-refractivity contribution in [3.63, 3.8) is 0 Å². The van der Waals surface area contributed by atoms with Crippen molar-refractivity contribution in [1.82, 2.24) is 9.97 Å². The van der Waals surface area contributed by atoms with E-state index in [0.29, 0.717) is 12.8 Å². The summed E-state index contributed by atoms with van der Waals surface area (Å²) in [5, 5.41) is 2.87. The van der Waals surface area contributed by atoms with Gasteiger partial charge in [0.05, 0.1) is 11.9 Å². The highest BCUT2D eigenvalue weighted by molar-refractivity contribution is 7.10. The third-order valence-corrected chi connectivity index (χ3v) is 3.62. The molecule has 15 heavy (non-hydrogen) atoms. The van der Waals surface area contributed by atoms with E-state index in [1.807, 2.05) is 12.3 Å². The molecule has 3 nitrogen and oxygen atoms in total. The highest BCUT2D eigenvalue weighted by Gasteiger charge is 2.08. The van der Waals surface area contributed by atoms with Crippen LogP contribution in [0.15, 0.2) is 17.1 Å². The summed E-state index contributed by atoms with van der Waals surface area (Å²) >= 11 is 3.06. The molecule has 2 aromatic heterocycles. The number of nitrogens with zero attached hydrogens (tertiary/aromatic N) is 2. The largest absolute Gasteiger partial charge is 0.299 e. The summed E-state index contributed by atoms with van der Waals surface area (Å²) in [7, 11) is 0. The average Bonchev–Trinajstić information content (AvgIpc) is 2.77. The maximum absolute atomic E-state index is 11.6. The predicted octanol–water partition coefficient (Wildman–Crippen LogP) is 2.26. The van der Waals surface area contributed by atoms with Crippen molar-refractivity contribution >= 4 is 28.5 Å². The smallest absolute Gasteiger partial charge is 0.144 e. The number of thiazole rings is 2. The number of Topliss-reactive ketones (excluding diaryl/α,β-unsaturated/α-hetero) is 1. The van der Waals surface area contributed by atoms with Crippen LogP contribution in [-0.4, -0.2) is 15.8 Å². The molecule has 2 aromatic rings. The minimum atomic E-state index is 0.202. The number of rotatable bonds is 4. The molecule has 2 rings (SSSR count). The molecular formula is C10H10N2OS2. The van der Waals surface area contributed by atoms with Crippen molar-refractivity contribution in [3.8, 4) is 0 Å². The van der Waals surface area contributed by atoms with Crippen LogP contribution in [0.25, 0.3) is 0 Å². The van der Waals surface area contributed by atoms with Crippen LogP contribution in [0.5, 0.6) is 0 Å². The normalized spacial score (nSPS) is 10.5. The van der Waals surface area contributed by atoms with Gasteiger partial charge >= 0.3 is 0 Å². The lowest BCUT2D eigenvalue weighted by molar-refractivity contribution is -0.117. The lowest BCUT2D eigenvalue weighted by Gasteiger charge is -1.94. The molecule has 0 amide bonds. The van der Waals surface area contributed by atoms with Crippen molar-refractivity contribution < 1.29 is 4.79 Å². The van der Waals surface area contributed by atoms with Gasteiger partial charge in [0.15, 0.2) is 0 Å². The first-order valence-corrected chi connectivity index (χ1v) is 6.30. The molecule has 0 aliphatic heterocycles. The summed E-state index contributed by atoms with van der Waals surface area (Å²) in [6, 6.07) is 0. The van der Waals surface area contributed by atoms with Gasteiger partial charge in [0.1, 0.15) is 10.8 Å². The van der Waals surface area contributed by atoms with Crippen molar-refractivity contribution in [3.05, 3.63) is 32.7 Å². The summed E-state index contributed by atoms with van der Waals surface area (Å²) in [6.07, 6.45) is 2.66. The molecule has 0 aliphatic carbocycles. The number of aromatic nitrogens is 2. The van der Waals surface area contributed by atoms with Crippen LogP contribution in [0.1, 0.15) is 15.6 Å². The standard InChI is InChI=1S/C10H10N2OS2/c1-7-5-14-10(12-7)3-8(13)2-9-4-11-6-15-9/h4-6H,2-3H2,1H3. The van der Waals surface area contributed by atoms with Crippen LogP contribution in [0, 0.1) is 6.92 Å². The minimum Gasteiger partial charge on any atom is -0.299 e. The van der Waals surface area contributed by atoms with E-state index in [1.54, 1.807) is 23.0 Å². The zero-order valence-corrected chi connectivity index (χ0v) is 9.90. The third-order valence-electron chi connectivity index (χ3n) is 1.87. The fourth-order valence-electron chi connectivity index (χ4n) is 1.24. The highest BCUT2D eigenvalue weighted by atomic mass is 32.1. The lowest BCUT2D eigenvalue weighted by Crippen LogP contribution is -2.05. The number of aryl methyl sites for hydroxylation is 1. The van der Waals surface area contributed by atoms with Gasteiger partial charge in [-0.3, -0.25) is 9.78 Å². The molecule has 0 fully saturated rings. The molecule has 0 aromatic carbocycles. The van der Waals surface area contributed by atoms with E-state index in [4.69, 9.17) is 0 Å². The molecule has 78 valence electrons. The molecule has 0 spiro atoms. The van der Waals surface area contributed by atoms with Gasteiger partial charge in [-0.1, -0.05) is 0 Å². The van der Waals surface area contributed by atoms with Crippen LogP contribution in [0.4, 0.5) is 0 Å². The monoisotopic (exact) mass is 238 g/mol. The molecule has 0 saturated carbocycles. The van der Waals surface area contributed by atoms with E-state index in [9.17, 15) is 4.79 Å². The number of carbonyl (C=O) groups is 1. The second-order valence-corrected chi connectivity index (χ2v) is 5.16. The fourth-order valence-corrected chi connectivity index (χ4v) is 2.66. The molecule has 0 N–H and O–H groups in total. The number of hydrogen-bond donors (Lipinski definition) is 0. The van der Waals surface area contributed by atoms with Gasteiger partial charge in [-0.05, 0) is 6.92 Å². The van der Waals surface area contributed by atoms with Crippen LogP contribution in [0.2, 0.25) is 0 Å². The van der Waals surface area contributed by atoms with E-state index in [0.717, 1.165) is 15.6 Å². The van der Waals surface area contributed by atoms with Gasteiger partial charge in [0.25, 0.3) is 0 Å². The molecule has 0 radical (unpaired) electrons. The summed E-state index contributed by atoms with van der Waals surface area (Å²) in [6.45, 7) is 1.94. The first kappa shape index (κ1) is 10.4. The summed E-state index contributed by atoms with van der Waals surface area (Å²) in [4.78, 5) is 20.9. The Hall–Kier alpha value is -1.07. The van der Waals surface area contributed by atoms with Gasteiger partial charge in [-0.25, -0.2) is 4.98 Å². The van der Waals surface area contributed by atoms with Crippen LogP contribution < -0.4 is 0 Å². The first-order chi connectivity index (χ1) is 7.24. The SMILES string of the molecule is Cc1csc(CC(=O)Cc2cncs2)n1. The Bertz CT molecular complexity index is 448. The molecule has 0 atom stereocenters. The number of hydrogen-bond acceptors (Lipinski definition) is 5.